The summed E-state index contributed by atoms with van der Waals surface area (Å²) in [6, 6.07) is 21.7. The summed E-state index contributed by atoms with van der Waals surface area (Å²) in [5, 5.41) is 3.39. The maximum absolute atomic E-state index is 12.8. The molecule has 32 heavy (non-hydrogen) atoms. The SMILES string of the molecule is COc1ccc(CNC(=O)COC(=O)c2cc(-c3ccccn3)nc3ccccc23)cc1. The Morgan fingerprint density at radius 2 is 1.72 bits per heavy atom. The molecule has 0 spiro atoms. The van der Waals surface area contributed by atoms with Crippen LogP contribution in [0.5, 0.6) is 5.75 Å². The molecule has 160 valence electrons. The van der Waals surface area contributed by atoms with Crippen LogP contribution in [0, 0.1) is 0 Å². The van der Waals surface area contributed by atoms with Gasteiger partial charge in [-0.15, -0.1) is 0 Å². The van der Waals surface area contributed by atoms with Gasteiger partial charge in [0.25, 0.3) is 5.91 Å². The number of esters is 1. The van der Waals surface area contributed by atoms with Crippen LogP contribution in [-0.2, 0) is 16.1 Å². The number of amides is 1. The van der Waals surface area contributed by atoms with Gasteiger partial charge in [-0.05, 0) is 42.0 Å². The van der Waals surface area contributed by atoms with Crippen LogP contribution in [-0.4, -0.2) is 35.6 Å². The highest BCUT2D eigenvalue weighted by Gasteiger charge is 2.17. The smallest absolute Gasteiger partial charge is 0.339 e. The molecule has 0 radical (unpaired) electrons. The van der Waals surface area contributed by atoms with Crippen LogP contribution in [0.25, 0.3) is 22.3 Å². The summed E-state index contributed by atoms with van der Waals surface area (Å²) in [7, 11) is 1.59. The zero-order chi connectivity index (χ0) is 22.3. The van der Waals surface area contributed by atoms with Gasteiger partial charge in [0.05, 0.1) is 29.6 Å². The number of para-hydroxylation sites is 1. The van der Waals surface area contributed by atoms with Gasteiger partial charge >= 0.3 is 5.97 Å². The average molecular weight is 427 g/mol. The van der Waals surface area contributed by atoms with Gasteiger partial charge in [0.15, 0.2) is 6.61 Å². The highest BCUT2D eigenvalue weighted by molar-refractivity contribution is 6.05. The average Bonchev–Trinajstić information content (AvgIpc) is 2.86. The zero-order valence-electron chi connectivity index (χ0n) is 17.4. The molecule has 0 bridgehead atoms. The third-order valence-corrected chi connectivity index (χ3v) is 4.85. The standard InChI is InChI=1S/C25H21N3O4/c1-31-18-11-9-17(10-12-18)15-27-24(29)16-32-25(30)20-14-23(22-8-4-5-13-26-22)28-21-7-3-2-6-19(20)21/h2-14H,15-16H2,1H3,(H,27,29). The molecule has 0 saturated carbocycles. The molecule has 1 amide bonds. The van der Waals surface area contributed by atoms with Crippen LogP contribution in [0.1, 0.15) is 15.9 Å². The quantitative estimate of drug-likeness (QED) is 0.452. The first kappa shape index (κ1) is 21.0. The van der Waals surface area contributed by atoms with Gasteiger partial charge in [0.1, 0.15) is 5.75 Å². The molecule has 0 aliphatic carbocycles. The minimum atomic E-state index is -0.597. The van der Waals surface area contributed by atoms with Gasteiger partial charge in [-0.1, -0.05) is 36.4 Å². The number of hydrogen-bond acceptors (Lipinski definition) is 6. The Hall–Kier alpha value is -4.26. The Balaban J connectivity index is 1.45. The summed E-state index contributed by atoms with van der Waals surface area (Å²) < 4.78 is 10.4. The van der Waals surface area contributed by atoms with Gasteiger partial charge in [-0.25, -0.2) is 9.78 Å². The number of hydrogen-bond donors (Lipinski definition) is 1. The van der Waals surface area contributed by atoms with Crippen molar-refractivity contribution in [3.8, 4) is 17.1 Å². The Kier molecular flexibility index (Phi) is 6.36. The molecular formula is C25H21N3O4. The molecule has 0 atom stereocenters. The third-order valence-electron chi connectivity index (χ3n) is 4.85. The number of pyridine rings is 2. The van der Waals surface area contributed by atoms with Crippen LogP contribution in [0.3, 0.4) is 0 Å². The van der Waals surface area contributed by atoms with E-state index < -0.39 is 11.9 Å². The number of aromatic nitrogens is 2. The molecule has 2 aromatic carbocycles. The Morgan fingerprint density at radius 3 is 2.47 bits per heavy atom. The van der Waals surface area contributed by atoms with Crippen molar-refractivity contribution in [1.82, 2.24) is 15.3 Å². The first-order valence-corrected chi connectivity index (χ1v) is 10.0. The van der Waals surface area contributed by atoms with Crippen molar-refractivity contribution >= 4 is 22.8 Å². The van der Waals surface area contributed by atoms with Crippen molar-refractivity contribution in [2.24, 2.45) is 0 Å². The zero-order valence-corrected chi connectivity index (χ0v) is 17.4. The number of carbonyl (C=O) groups excluding carboxylic acids is 2. The van der Waals surface area contributed by atoms with E-state index in [1.54, 1.807) is 25.4 Å². The Bertz CT molecular complexity index is 1240. The largest absolute Gasteiger partial charge is 0.497 e. The number of nitrogens with zero attached hydrogens (tertiary/aromatic N) is 2. The van der Waals surface area contributed by atoms with E-state index in [0.717, 1.165) is 11.3 Å². The molecule has 4 aromatic rings. The Labute approximate surface area is 185 Å². The lowest BCUT2D eigenvalue weighted by atomic mass is 10.1. The van der Waals surface area contributed by atoms with Crippen molar-refractivity contribution in [3.05, 3.63) is 90.1 Å². The van der Waals surface area contributed by atoms with Crippen molar-refractivity contribution in [2.45, 2.75) is 6.54 Å². The van der Waals surface area contributed by atoms with Crippen molar-refractivity contribution in [3.63, 3.8) is 0 Å². The maximum atomic E-state index is 12.8. The van der Waals surface area contributed by atoms with E-state index >= 15 is 0 Å². The summed E-state index contributed by atoms with van der Waals surface area (Å²) in [6.45, 7) is -0.0626. The topological polar surface area (TPSA) is 90.4 Å². The van der Waals surface area contributed by atoms with E-state index in [-0.39, 0.29) is 6.61 Å². The molecule has 0 aliphatic rings. The second-order valence-corrected chi connectivity index (χ2v) is 6.99. The number of rotatable bonds is 7. The fourth-order valence-electron chi connectivity index (χ4n) is 3.19. The molecular weight excluding hydrogens is 406 g/mol. The first-order chi connectivity index (χ1) is 15.6. The summed E-state index contributed by atoms with van der Waals surface area (Å²) in [6.07, 6.45) is 1.66. The van der Waals surface area contributed by atoms with E-state index in [4.69, 9.17) is 9.47 Å². The lowest BCUT2D eigenvalue weighted by Crippen LogP contribution is -2.28. The van der Waals surface area contributed by atoms with Crippen molar-refractivity contribution in [1.29, 1.82) is 0 Å². The molecule has 2 aromatic heterocycles. The third kappa shape index (κ3) is 4.89. The van der Waals surface area contributed by atoms with E-state index in [9.17, 15) is 9.59 Å². The molecule has 4 rings (SSSR count). The molecule has 1 N–H and O–H groups in total. The lowest BCUT2D eigenvalue weighted by Gasteiger charge is -2.10. The van der Waals surface area contributed by atoms with Gasteiger partial charge < -0.3 is 14.8 Å². The van der Waals surface area contributed by atoms with Gasteiger partial charge in [0.2, 0.25) is 0 Å². The van der Waals surface area contributed by atoms with Crippen molar-refractivity contribution < 1.29 is 19.1 Å². The number of methoxy groups -OCH3 is 1. The van der Waals surface area contributed by atoms with Crippen LogP contribution in [0.2, 0.25) is 0 Å². The maximum Gasteiger partial charge on any atom is 0.339 e. The molecule has 7 nitrogen and oxygen atoms in total. The lowest BCUT2D eigenvalue weighted by molar-refractivity contribution is -0.124. The monoisotopic (exact) mass is 427 g/mol. The van der Waals surface area contributed by atoms with Gasteiger partial charge in [-0.2, -0.15) is 0 Å². The number of benzene rings is 2. The summed E-state index contributed by atoms with van der Waals surface area (Å²) in [4.78, 5) is 33.9. The van der Waals surface area contributed by atoms with Crippen LogP contribution < -0.4 is 10.1 Å². The molecule has 0 aliphatic heterocycles. The van der Waals surface area contributed by atoms with Crippen LogP contribution >= 0.6 is 0 Å². The van der Waals surface area contributed by atoms with E-state index in [1.165, 1.54) is 0 Å². The molecule has 2 heterocycles. The molecule has 0 fully saturated rings. The minimum absolute atomic E-state index is 0.322. The predicted molar refractivity (Wildman–Crippen MR) is 120 cm³/mol. The summed E-state index contributed by atoms with van der Waals surface area (Å²) >= 11 is 0. The van der Waals surface area contributed by atoms with Crippen molar-refractivity contribution in [2.75, 3.05) is 13.7 Å². The minimum Gasteiger partial charge on any atom is -0.497 e. The fraction of sp³-hybridized carbons (Fsp3) is 0.120. The molecule has 0 unspecified atom stereocenters. The number of ether oxygens (including phenoxy) is 2. The second-order valence-electron chi connectivity index (χ2n) is 6.99. The van der Waals surface area contributed by atoms with E-state index in [2.05, 4.69) is 15.3 Å². The van der Waals surface area contributed by atoms with Gasteiger partial charge in [-0.3, -0.25) is 9.78 Å². The molecule has 7 heteroatoms. The number of nitrogens with one attached hydrogen (secondary N) is 1. The summed E-state index contributed by atoms with van der Waals surface area (Å²) in [5.74, 6) is -0.249. The van der Waals surface area contributed by atoms with E-state index in [0.29, 0.717) is 34.4 Å². The normalized spacial score (nSPS) is 10.5. The highest BCUT2D eigenvalue weighted by Crippen LogP contribution is 2.24. The molecule has 0 saturated heterocycles. The first-order valence-electron chi connectivity index (χ1n) is 10.0. The number of carbonyl (C=O) groups is 2. The Morgan fingerprint density at radius 1 is 0.938 bits per heavy atom. The fourth-order valence-corrected chi connectivity index (χ4v) is 3.19. The second kappa shape index (κ2) is 9.70. The van der Waals surface area contributed by atoms with Gasteiger partial charge in [0, 0.05) is 18.1 Å². The van der Waals surface area contributed by atoms with E-state index in [1.807, 2.05) is 60.7 Å². The highest BCUT2D eigenvalue weighted by atomic mass is 16.5. The van der Waals surface area contributed by atoms with Crippen LogP contribution in [0.4, 0.5) is 0 Å². The number of fused-ring (bicyclic) bond motifs is 1. The van der Waals surface area contributed by atoms with Crippen LogP contribution in [0.15, 0.2) is 79.0 Å². The summed E-state index contributed by atoms with van der Waals surface area (Å²) in [5.41, 5.74) is 3.08. The predicted octanol–water partition coefficient (Wildman–Crippen LogP) is 3.78.